The molecule has 4 heteroatoms. The van der Waals surface area contributed by atoms with Crippen LogP contribution in [0.4, 0.5) is 0 Å². The van der Waals surface area contributed by atoms with Crippen molar-refractivity contribution in [3.8, 4) is 0 Å². The number of thioether (sulfide) groups is 2. The van der Waals surface area contributed by atoms with Crippen LogP contribution in [0, 0.1) is 0 Å². The summed E-state index contributed by atoms with van der Waals surface area (Å²) < 4.78 is -0.257. The Hall–Kier alpha value is -0.870. The van der Waals surface area contributed by atoms with Crippen molar-refractivity contribution in [1.82, 2.24) is 0 Å². The molecule has 2 rings (SSSR count). The van der Waals surface area contributed by atoms with Crippen LogP contribution in [-0.4, -0.2) is 15.2 Å². The smallest absolute Gasteiger partial charge is 0.305 e. The molecule has 1 aromatic carbocycles. The second-order valence-electron chi connectivity index (χ2n) is 3.65. The van der Waals surface area contributed by atoms with Crippen LogP contribution in [0.5, 0.6) is 0 Å². The van der Waals surface area contributed by atoms with Gasteiger partial charge in [-0.25, -0.2) is 0 Å². The van der Waals surface area contributed by atoms with Gasteiger partial charge in [0.15, 0.2) is 0 Å². The van der Waals surface area contributed by atoms with Gasteiger partial charge in [-0.05, 0) is 22.8 Å². The van der Waals surface area contributed by atoms with E-state index in [1.165, 1.54) is 5.56 Å². The Morgan fingerprint density at radius 2 is 1.81 bits per heavy atom. The molecule has 1 N–H and O–H groups in total. The van der Waals surface area contributed by atoms with Crippen LogP contribution < -0.4 is 0 Å². The molecule has 1 heterocycles. The molecule has 1 aliphatic rings. The molecule has 0 radical (unpaired) electrons. The zero-order valence-corrected chi connectivity index (χ0v) is 10.3. The van der Waals surface area contributed by atoms with Gasteiger partial charge in [0.05, 0.1) is 10.5 Å². The summed E-state index contributed by atoms with van der Waals surface area (Å²) in [6.07, 6.45) is 0.965. The normalized spacial score (nSPS) is 17.5. The second kappa shape index (κ2) is 4.97. The molecule has 0 saturated heterocycles. The van der Waals surface area contributed by atoms with Crippen molar-refractivity contribution in [2.75, 3.05) is 0 Å². The van der Waals surface area contributed by atoms with Crippen LogP contribution in [0.25, 0.3) is 0 Å². The summed E-state index contributed by atoms with van der Waals surface area (Å²) in [6.45, 7) is 0. The van der Waals surface area contributed by atoms with Gasteiger partial charge in [-0.2, -0.15) is 0 Å². The van der Waals surface area contributed by atoms with Crippen LogP contribution in [0.15, 0.2) is 41.1 Å². The van der Waals surface area contributed by atoms with Crippen LogP contribution in [0.1, 0.15) is 12.0 Å². The van der Waals surface area contributed by atoms with Gasteiger partial charge in [0.25, 0.3) is 0 Å². The van der Waals surface area contributed by atoms with E-state index in [-0.39, 0.29) is 10.5 Å². The highest BCUT2D eigenvalue weighted by molar-refractivity contribution is 8.23. The van der Waals surface area contributed by atoms with Crippen molar-refractivity contribution in [1.29, 1.82) is 0 Å². The van der Waals surface area contributed by atoms with Gasteiger partial charge in [0.2, 0.25) is 0 Å². The Labute approximate surface area is 103 Å². The maximum atomic E-state index is 10.9. The minimum atomic E-state index is -0.736. The van der Waals surface area contributed by atoms with Gasteiger partial charge in [-0.15, -0.1) is 23.5 Å². The summed E-state index contributed by atoms with van der Waals surface area (Å²) in [7, 11) is 0. The fourth-order valence-corrected chi connectivity index (χ4v) is 4.11. The number of carbonyl (C=O) groups is 1. The van der Waals surface area contributed by atoms with E-state index in [0.717, 1.165) is 6.42 Å². The van der Waals surface area contributed by atoms with E-state index in [0.29, 0.717) is 0 Å². The first-order valence-electron chi connectivity index (χ1n) is 4.97. The van der Waals surface area contributed by atoms with Crippen LogP contribution >= 0.6 is 23.5 Å². The van der Waals surface area contributed by atoms with Gasteiger partial charge in [0.1, 0.15) is 0 Å². The number of carboxylic acid groups (broad SMARTS) is 1. The van der Waals surface area contributed by atoms with Crippen molar-refractivity contribution in [3.63, 3.8) is 0 Å². The third-order valence-electron chi connectivity index (χ3n) is 2.36. The standard InChI is InChI=1S/C12H12O2S2/c13-11(14)9-12(15-6-7-16-12)8-10-4-2-1-3-5-10/h1-7H,8-9H2,(H,13,14). The molecular formula is C12H12O2S2. The van der Waals surface area contributed by atoms with Crippen molar-refractivity contribution >= 4 is 29.5 Å². The molecule has 0 unspecified atom stereocenters. The van der Waals surface area contributed by atoms with Gasteiger partial charge in [-0.1, -0.05) is 30.3 Å². The molecule has 0 saturated carbocycles. The van der Waals surface area contributed by atoms with Crippen LogP contribution in [0.3, 0.4) is 0 Å². The number of hydrogen-bond donors (Lipinski definition) is 1. The Bertz CT molecular complexity index is 393. The predicted octanol–water partition coefficient (Wildman–Crippen LogP) is 3.35. The molecule has 0 fully saturated rings. The first-order chi connectivity index (χ1) is 7.70. The maximum Gasteiger partial charge on any atom is 0.305 e. The molecule has 84 valence electrons. The monoisotopic (exact) mass is 252 g/mol. The van der Waals surface area contributed by atoms with E-state index >= 15 is 0 Å². The topological polar surface area (TPSA) is 37.3 Å². The fraction of sp³-hybridized carbons (Fsp3) is 0.250. The summed E-state index contributed by atoms with van der Waals surface area (Å²) >= 11 is 3.23. The molecule has 0 aliphatic carbocycles. The summed E-state index contributed by atoms with van der Waals surface area (Å²) in [5.74, 6) is -0.736. The lowest BCUT2D eigenvalue weighted by Crippen LogP contribution is -2.24. The van der Waals surface area contributed by atoms with E-state index in [1.807, 2.05) is 41.1 Å². The lowest BCUT2D eigenvalue weighted by molar-refractivity contribution is -0.137. The first-order valence-corrected chi connectivity index (χ1v) is 6.72. The molecule has 0 atom stereocenters. The average molecular weight is 252 g/mol. The minimum Gasteiger partial charge on any atom is -0.481 e. The lowest BCUT2D eigenvalue weighted by atomic mass is 10.1. The molecule has 16 heavy (non-hydrogen) atoms. The van der Waals surface area contributed by atoms with Gasteiger partial charge < -0.3 is 5.11 Å². The van der Waals surface area contributed by atoms with Crippen molar-refractivity contribution < 1.29 is 9.90 Å². The molecule has 0 aromatic heterocycles. The van der Waals surface area contributed by atoms with Crippen molar-refractivity contribution in [2.24, 2.45) is 0 Å². The quantitative estimate of drug-likeness (QED) is 0.891. The molecule has 1 aliphatic heterocycles. The molecule has 0 spiro atoms. The predicted molar refractivity (Wildman–Crippen MR) is 69.5 cm³/mol. The average Bonchev–Trinajstić information content (AvgIpc) is 2.66. The number of aliphatic carboxylic acids is 1. The van der Waals surface area contributed by atoms with Crippen molar-refractivity contribution in [3.05, 3.63) is 46.7 Å². The lowest BCUT2D eigenvalue weighted by Gasteiger charge is -2.25. The SMILES string of the molecule is O=C(O)CC1(Cc2ccccc2)SC=CS1. The maximum absolute atomic E-state index is 10.9. The fourth-order valence-electron chi connectivity index (χ4n) is 1.70. The van der Waals surface area contributed by atoms with E-state index < -0.39 is 5.97 Å². The van der Waals surface area contributed by atoms with Gasteiger partial charge in [0, 0.05) is 0 Å². The van der Waals surface area contributed by atoms with E-state index in [9.17, 15) is 4.79 Å². The largest absolute Gasteiger partial charge is 0.481 e. The van der Waals surface area contributed by atoms with E-state index in [2.05, 4.69) is 0 Å². The highest BCUT2D eigenvalue weighted by atomic mass is 32.2. The molecule has 2 nitrogen and oxygen atoms in total. The molecular weight excluding hydrogens is 240 g/mol. The Balaban J connectivity index is 2.12. The second-order valence-corrected chi connectivity index (χ2v) is 6.49. The number of benzene rings is 1. The summed E-state index contributed by atoms with van der Waals surface area (Å²) in [5.41, 5.74) is 1.19. The first kappa shape index (κ1) is 11.6. The molecule has 1 aromatic rings. The van der Waals surface area contributed by atoms with E-state index in [4.69, 9.17) is 5.11 Å². The minimum absolute atomic E-state index is 0.185. The number of rotatable bonds is 4. The zero-order valence-electron chi connectivity index (χ0n) is 8.63. The van der Waals surface area contributed by atoms with Crippen LogP contribution in [-0.2, 0) is 11.2 Å². The zero-order chi connectivity index (χ0) is 11.4. The van der Waals surface area contributed by atoms with Gasteiger partial charge in [-0.3, -0.25) is 4.79 Å². The summed E-state index contributed by atoms with van der Waals surface area (Å²) in [6, 6.07) is 10.0. The Morgan fingerprint density at radius 3 is 2.38 bits per heavy atom. The number of hydrogen-bond acceptors (Lipinski definition) is 3. The number of carboxylic acids is 1. The molecule has 0 amide bonds. The summed E-state index contributed by atoms with van der Waals surface area (Å²) in [4.78, 5) is 10.9. The van der Waals surface area contributed by atoms with E-state index in [1.54, 1.807) is 23.5 Å². The summed E-state index contributed by atoms with van der Waals surface area (Å²) in [5, 5.41) is 12.9. The highest BCUT2D eigenvalue weighted by Gasteiger charge is 2.35. The molecule has 0 bridgehead atoms. The third kappa shape index (κ3) is 2.83. The van der Waals surface area contributed by atoms with Crippen molar-refractivity contribution in [2.45, 2.75) is 16.9 Å². The Kier molecular flexibility index (Phi) is 3.61. The van der Waals surface area contributed by atoms with Crippen LogP contribution in [0.2, 0.25) is 0 Å². The van der Waals surface area contributed by atoms with Gasteiger partial charge >= 0.3 is 5.97 Å². The highest BCUT2D eigenvalue weighted by Crippen LogP contribution is 2.49. The Morgan fingerprint density at radius 1 is 1.19 bits per heavy atom. The third-order valence-corrected chi connectivity index (χ3v) is 5.09.